The smallest absolute Gasteiger partial charge is 0.283 e. The van der Waals surface area contributed by atoms with Crippen LogP contribution in [0.4, 0.5) is 0 Å². The highest BCUT2D eigenvalue weighted by Gasteiger charge is 2.59. The molecule has 0 N–H and O–H groups in total. The third-order valence-electron chi connectivity index (χ3n) is 5.56. The van der Waals surface area contributed by atoms with Gasteiger partial charge < -0.3 is 0 Å². The van der Waals surface area contributed by atoms with E-state index in [-0.39, 0.29) is 29.7 Å². The molecular weight excluding hydrogens is 343 g/mol. The largest absolute Gasteiger partial charge is 0.285 e. The highest BCUT2D eigenvalue weighted by Crippen LogP contribution is 2.66. The molecule has 4 nitrogen and oxygen atoms in total. The van der Waals surface area contributed by atoms with Gasteiger partial charge in [0.25, 0.3) is 7.44 Å². The predicted octanol–water partition coefficient (Wildman–Crippen LogP) is 5.17. The second-order valence-corrected chi connectivity index (χ2v) is 10.4. The third-order valence-corrected chi connectivity index (χ3v) is 9.06. The first-order chi connectivity index (χ1) is 12.4. The normalized spacial score (nSPS) is 26.7. The molecule has 3 rings (SSSR count). The number of hydrogen-bond donors (Lipinski definition) is 0. The van der Waals surface area contributed by atoms with E-state index in [0.717, 1.165) is 31.2 Å². The summed E-state index contributed by atoms with van der Waals surface area (Å²) in [6.07, 6.45) is 7.71. The number of benzene rings is 1. The minimum atomic E-state index is -3.29. The van der Waals surface area contributed by atoms with Crippen LogP contribution in [0.25, 0.3) is 6.08 Å². The third kappa shape index (κ3) is 3.35. The second kappa shape index (κ2) is 7.80. The summed E-state index contributed by atoms with van der Waals surface area (Å²) in [4.78, 5) is 13.3. The summed E-state index contributed by atoms with van der Waals surface area (Å²) in [5.74, 6) is 0. The number of rotatable bonds is 5. The van der Waals surface area contributed by atoms with Crippen molar-refractivity contribution in [3.05, 3.63) is 42.0 Å². The Morgan fingerprint density at radius 2 is 1.50 bits per heavy atom. The Balaban J connectivity index is 2.00. The molecule has 26 heavy (non-hydrogen) atoms. The van der Waals surface area contributed by atoms with Crippen LogP contribution < -0.4 is 0 Å². The topological polar surface area (TPSA) is 40.6 Å². The predicted molar refractivity (Wildman–Crippen MR) is 108 cm³/mol. The van der Waals surface area contributed by atoms with Gasteiger partial charge in [-0.3, -0.25) is 9.36 Å². The molecule has 2 aliphatic rings. The van der Waals surface area contributed by atoms with E-state index in [9.17, 15) is 9.36 Å². The quantitative estimate of drug-likeness (QED) is 0.527. The molecule has 1 saturated heterocycles. The Kier molecular flexibility index (Phi) is 5.86. The van der Waals surface area contributed by atoms with Crippen LogP contribution >= 0.6 is 7.44 Å². The van der Waals surface area contributed by atoms with Gasteiger partial charge in [-0.25, -0.2) is 9.34 Å². The molecule has 0 radical (unpaired) electrons. The number of fused-ring (bicyclic) bond motifs is 1. The van der Waals surface area contributed by atoms with Crippen LogP contribution in [0.1, 0.15) is 58.9 Å². The lowest BCUT2D eigenvalue weighted by atomic mass is 9.89. The van der Waals surface area contributed by atoms with Gasteiger partial charge in [-0.1, -0.05) is 49.2 Å². The van der Waals surface area contributed by atoms with E-state index < -0.39 is 7.44 Å². The van der Waals surface area contributed by atoms with Crippen molar-refractivity contribution in [2.75, 3.05) is 0 Å². The zero-order valence-corrected chi connectivity index (χ0v) is 17.2. The van der Waals surface area contributed by atoms with Crippen LogP contribution in [0.5, 0.6) is 0 Å². The molecule has 0 aromatic heterocycles. The molecule has 0 amide bonds. The van der Waals surface area contributed by atoms with E-state index in [1.807, 2.05) is 30.3 Å². The van der Waals surface area contributed by atoms with Gasteiger partial charge in [0.1, 0.15) is 0 Å². The highest BCUT2D eigenvalue weighted by molar-refractivity contribution is 7.77. The van der Waals surface area contributed by atoms with Crippen LogP contribution in [0, 0.1) is 0 Å². The molecule has 1 aromatic rings. The SMILES string of the molecule is CC(C)N1[C@@H]2CCCC[C@H]2N(C(C)C)P1(=O)C(=O)C=Cc1ccccc1. The molecule has 142 valence electrons. The van der Waals surface area contributed by atoms with Gasteiger partial charge in [-0.2, -0.15) is 0 Å². The van der Waals surface area contributed by atoms with Crippen molar-refractivity contribution in [3.8, 4) is 0 Å². The molecule has 1 saturated carbocycles. The zero-order valence-electron chi connectivity index (χ0n) is 16.3. The molecule has 0 bridgehead atoms. The van der Waals surface area contributed by atoms with Crippen LogP contribution in [0.2, 0.25) is 0 Å². The summed E-state index contributed by atoms with van der Waals surface area (Å²) in [6.45, 7) is 8.26. The molecule has 1 aliphatic carbocycles. The molecular formula is C21H31N2O2P. The maximum absolute atomic E-state index is 14.3. The number of carbonyl (C=O) groups excluding carboxylic acids is 1. The molecule has 1 aromatic carbocycles. The van der Waals surface area contributed by atoms with Crippen molar-refractivity contribution in [1.29, 1.82) is 0 Å². The second-order valence-electron chi connectivity index (χ2n) is 7.99. The highest BCUT2D eigenvalue weighted by atomic mass is 31.2. The van der Waals surface area contributed by atoms with E-state index >= 15 is 0 Å². The van der Waals surface area contributed by atoms with Gasteiger partial charge in [0.15, 0.2) is 0 Å². The molecule has 0 spiro atoms. The van der Waals surface area contributed by atoms with Crippen LogP contribution in [0.15, 0.2) is 36.4 Å². The van der Waals surface area contributed by atoms with E-state index in [1.165, 1.54) is 6.08 Å². The monoisotopic (exact) mass is 374 g/mol. The number of hydrogen-bond acceptors (Lipinski definition) is 2. The number of nitrogens with zero attached hydrogens (tertiary/aromatic N) is 2. The Morgan fingerprint density at radius 3 is 1.96 bits per heavy atom. The molecule has 1 heterocycles. The Hall–Kier alpha value is -1.22. The lowest BCUT2D eigenvalue weighted by Crippen LogP contribution is -2.43. The fraction of sp³-hybridized carbons (Fsp3) is 0.571. The summed E-state index contributed by atoms with van der Waals surface area (Å²) >= 11 is 0. The number of allylic oxidation sites excluding steroid dienone is 1. The van der Waals surface area contributed by atoms with Crippen molar-refractivity contribution < 1.29 is 9.36 Å². The minimum Gasteiger partial charge on any atom is -0.283 e. The molecule has 2 fully saturated rings. The van der Waals surface area contributed by atoms with Crippen LogP contribution in [-0.4, -0.2) is 39.0 Å². The lowest BCUT2D eigenvalue weighted by molar-refractivity contribution is -0.108. The summed E-state index contributed by atoms with van der Waals surface area (Å²) in [5.41, 5.74) is 0.717. The molecule has 2 atom stereocenters. The van der Waals surface area contributed by atoms with E-state index in [2.05, 4.69) is 37.0 Å². The average molecular weight is 374 g/mol. The van der Waals surface area contributed by atoms with Gasteiger partial charge in [-0.05, 0) is 52.2 Å². The Morgan fingerprint density at radius 1 is 1.00 bits per heavy atom. The van der Waals surface area contributed by atoms with Crippen molar-refractivity contribution in [3.63, 3.8) is 0 Å². The van der Waals surface area contributed by atoms with Crippen LogP contribution in [-0.2, 0) is 9.36 Å². The van der Waals surface area contributed by atoms with Gasteiger partial charge in [-0.15, -0.1) is 0 Å². The van der Waals surface area contributed by atoms with E-state index in [1.54, 1.807) is 6.08 Å². The average Bonchev–Trinajstić information content (AvgIpc) is 2.90. The van der Waals surface area contributed by atoms with Crippen molar-refractivity contribution in [2.45, 2.75) is 77.5 Å². The summed E-state index contributed by atoms with van der Waals surface area (Å²) < 4.78 is 18.4. The summed E-state index contributed by atoms with van der Waals surface area (Å²) in [5, 5.41) is 0. The molecule has 0 unspecified atom stereocenters. The van der Waals surface area contributed by atoms with Gasteiger partial charge in [0.05, 0.1) is 0 Å². The van der Waals surface area contributed by atoms with Gasteiger partial charge in [0.2, 0.25) is 5.52 Å². The van der Waals surface area contributed by atoms with Crippen molar-refractivity contribution in [2.24, 2.45) is 0 Å². The first-order valence-corrected chi connectivity index (χ1v) is 11.4. The minimum absolute atomic E-state index is 0.0873. The van der Waals surface area contributed by atoms with Crippen molar-refractivity contribution >= 4 is 19.0 Å². The Bertz CT molecular complexity index is 686. The fourth-order valence-electron chi connectivity index (χ4n) is 4.68. The van der Waals surface area contributed by atoms with E-state index in [4.69, 9.17) is 0 Å². The summed E-state index contributed by atoms with van der Waals surface area (Å²) in [6, 6.07) is 10.4. The fourth-order valence-corrected chi connectivity index (χ4v) is 8.24. The first-order valence-electron chi connectivity index (χ1n) is 9.82. The maximum Gasteiger partial charge on any atom is 0.285 e. The lowest BCUT2D eigenvalue weighted by Gasteiger charge is -2.34. The molecule has 5 heteroatoms. The summed E-state index contributed by atoms with van der Waals surface area (Å²) in [7, 11) is -3.29. The maximum atomic E-state index is 14.3. The van der Waals surface area contributed by atoms with Crippen LogP contribution in [0.3, 0.4) is 0 Å². The zero-order chi connectivity index (χ0) is 18.9. The molecule has 1 aliphatic heterocycles. The Labute approximate surface area is 157 Å². The van der Waals surface area contributed by atoms with E-state index in [0.29, 0.717) is 0 Å². The van der Waals surface area contributed by atoms with Gasteiger partial charge in [0, 0.05) is 24.2 Å². The standard InChI is InChI=1S/C21H31N2O2P/c1-16(2)22-19-12-8-9-13-20(19)23(17(3)4)26(22,25)21(24)15-14-18-10-6-5-7-11-18/h5-7,10-11,14-17,19-20H,8-9,12-13H2,1-4H3/t19-,20-/m1/s1. The first kappa shape index (κ1) is 19.5. The van der Waals surface area contributed by atoms with Gasteiger partial charge >= 0.3 is 0 Å². The van der Waals surface area contributed by atoms with Crippen molar-refractivity contribution in [1.82, 2.24) is 9.34 Å². The number of carbonyl (C=O) groups is 1.